The molecule has 1 aliphatic heterocycles. The molecule has 2 aromatic rings. The van der Waals surface area contributed by atoms with Crippen LogP contribution in [0.1, 0.15) is 11.1 Å². The number of nitrogens with one attached hydrogen (secondary N) is 2. The van der Waals surface area contributed by atoms with Crippen molar-refractivity contribution in [1.29, 1.82) is 0 Å². The van der Waals surface area contributed by atoms with Crippen molar-refractivity contribution in [2.75, 3.05) is 24.7 Å². The zero-order valence-electron chi connectivity index (χ0n) is 13.7. The quantitative estimate of drug-likeness (QED) is 0.710. The Labute approximate surface area is 152 Å². The summed E-state index contributed by atoms with van der Waals surface area (Å²) in [7, 11) is 0. The Bertz CT molecular complexity index is 564. The van der Waals surface area contributed by atoms with Crippen LogP contribution in [0.5, 0.6) is 0 Å². The molecular weight excluding hydrogens is 336 g/mol. The van der Waals surface area contributed by atoms with E-state index in [1.165, 1.54) is 11.1 Å². The van der Waals surface area contributed by atoms with E-state index >= 15 is 0 Å². The fourth-order valence-electron chi connectivity index (χ4n) is 2.88. The maximum atomic E-state index is 12.5. The minimum atomic E-state index is -0.209. The Balaban J connectivity index is 1.52. The second-order valence-corrected chi connectivity index (χ2v) is 8.24. The molecule has 1 unspecified atom stereocenters. The molecule has 0 aliphatic carbocycles. The van der Waals surface area contributed by atoms with Crippen molar-refractivity contribution in [2.24, 2.45) is 0 Å². The molecule has 2 aromatic carbocycles. The van der Waals surface area contributed by atoms with Gasteiger partial charge in [0.15, 0.2) is 0 Å². The average molecular weight is 361 g/mol. The average Bonchev–Trinajstić information content (AvgIpc) is 2.98. The molecule has 0 saturated carbocycles. The van der Waals surface area contributed by atoms with Gasteiger partial charge in [0.1, 0.15) is 12.2 Å². The van der Waals surface area contributed by atoms with Gasteiger partial charge in [-0.25, -0.2) is 0 Å². The highest BCUT2D eigenvalue weighted by atomic mass is 32.2. The zero-order chi connectivity index (χ0) is 16.7. The van der Waals surface area contributed by atoms with Crippen molar-refractivity contribution >= 4 is 23.5 Å². The summed E-state index contributed by atoms with van der Waals surface area (Å²) in [5.41, 5.74) is 2.44. The van der Waals surface area contributed by atoms with E-state index in [0.717, 1.165) is 29.6 Å². The second kappa shape index (κ2) is 8.92. The highest BCUT2D eigenvalue weighted by Gasteiger charge is 2.40. The van der Waals surface area contributed by atoms with Crippen molar-refractivity contribution in [1.82, 2.24) is 5.32 Å². The predicted octanol–water partition coefficient (Wildman–Crippen LogP) is 2.54. The number of benzene rings is 2. The van der Waals surface area contributed by atoms with Gasteiger partial charge in [-0.05, 0) is 11.1 Å². The summed E-state index contributed by atoms with van der Waals surface area (Å²) in [5, 5.41) is 16.2. The van der Waals surface area contributed by atoms with Crippen LogP contribution in [-0.4, -0.2) is 30.3 Å². The first-order chi connectivity index (χ1) is 11.8. The minimum Gasteiger partial charge on any atom is -0.633 e. The Morgan fingerprint density at radius 3 is 1.79 bits per heavy atom. The maximum absolute atomic E-state index is 12.5. The van der Waals surface area contributed by atoms with E-state index in [9.17, 15) is 5.21 Å². The van der Waals surface area contributed by atoms with Crippen LogP contribution < -0.4 is 10.4 Å². The lowest BCUT2D eigenvalue weighted by Crippen LogP contribution is -3.15. The van der Waals surface area contributed by atoms with Gasteiger partial charge in [-0.1, -0.05) is 60.7 Å². The van der Waals surface area contributed by atoms with Gasteiger partial charge in [0, 0.05) is 11.5 Å². The van der Waals surface area contributed by atoms with Crippen molar-refractivity contribution < 1.29 is 5.06 Å². The van der Waals surface area contributed by atoms with Crippen LogP contribution in [0.2, 0.25) is 0 Å². The molecule has 24 heavy (non-hydrogen) atoms. The third kappa shape index (κ3) is 4.77. The van der Waals surface area contributed by atoms with Crippen LogP contribution in [-0.2, 0) is 11.5 Å². The Hall–Kier alpha value is -0.980. The van der Waals surface area contributed by atoms with Crippen LogP contribution in [0.15, 0.2) is 60.7 Å². The zero-order valence-corrected chi connectivity index (χ0v) is 15.4. The van der Waals surface area contributed by atoms with E-state index in [4.69, 9.17) is 0 Å². The van der Waals surface area contributed by atoms with Crippen LogP contribution >= 0.6 is 23.5 Å². The second-order valence-electron chi connectivity index (χ2n) is 6.26. The fraction of sp³-hybridized carbons (Fsp3) is 0.368. The van der Waals surface area contributed by atoms with E-state index in [2.05, 4.69) is 53.8 Å². The molecule has 3 rings (SSSR count). The molecule has 1 saturated heterocycles. The number of hydroxylamine groups is 2. The summed E-state index contributed by atoms with van der Waals surface area (Å²) < 4.78 is 0. The summed E-state index contributed by atoms with van der Waals surface area (Å²) in [6.45, 7) is 1.34. The minimum absolute atomic E-state index is 0.209. The van der Waals surface area contributed by atoms with Gasteiger partial charge in [0.2, 0.25) is 0 Å². The normalized spacial score (nSPS) is 19.5. The summed E-state index contributed by atoms with van der Waals surface area (Å²) in [4.78, 5) is 0. The van der Waals surface area contributed by atoms with Crippen LogP contribution in [0, 0.1) is 5.21 Å². The van der Waals surface area contributed by atoms with Gasteiger partial charge in [-0.2, -0.15) is 23.5 Å². The van der Waals surface area contributed by atoms with Crippen LogP contribution in [0.25, 0.3) is 0 Å². The number of hydrogen-bond acceptors (Lipinski definition) is 4. The topological polar surface area (TPSA) is 39.5 Å². The lowest BCUT2D eigenvalue weighted by molar-refractivity contribution is -0.883. The molecule has 5 heteroatoms. The molecule has 128 valence electrons. The molecule has 0 radical (unpaired) electrons. The number of rotatable bonds is 8. The van der Waals surface area contributed by atoms with E-state index in [-0.39, 0.29) is 5.54 Å². The first-order valence-corrected chi connectivity index (χ1v) is 10.6. The van der Waals surface area contributed by atoms with E-state index in [1.54, 1.807) is 0 Å². The lowest BCUT2D eigenvalue weighted by Gasteiger charge is -2.36. The largest absolute Gasteiger partial charge is 0.633 e. The molecule has 1 atom stereocenters. The fourth-order valence-corrected chi connectivity index (χ4v) is 5.58. The first-order valence-electron chi connectivity index (χ1n) is 8.26. The number of hydrogen-bond donors (Lipinski definition) is 2. The molecule has 0 amide bonds. The SMILES string of the molecule is [O-][NH+]1CNCC1(CSCc1ccccc1)CSCc1ccccc1. The van der Waals surface area contributed by atoms with Gasteiger partial charge < -0.3 is 10.3 Å². The summed E-state index contributed by atoms with van der Waals surface area (Å²) in [6.07, 6.45) is 0. The van der Waals surface area contributed by atoms with Crippen LogP contribution in [0.3, 0.4) is 0 Å². The Morgan fingerprint density at radius 1 is 0.875 bits per heavy atom. The third-order valence-corrected chi connectivity index (χ3v) is 6.91. The van der Waals surface area contributed by atoms with Gasteiger partial charge in [-0.15, -0.1) is 0 Å². The lowest BCUT2D eigenvalue weighted by atomic mass is 10.1. The number of quaternary nitrogens is 1. The molecule has 2 N–H and O–H groups in total. The molecule has 0 spiro atoms. The van der Waals surface area contributed by atoms with Crippen molar-refractivity contribution in [3.63, 3.8) is 0 Å². The first kappa shape index (κ1) is 17.8. The van der Waals surface area contributed by atoms with Crippen molar-refractivity contribution in [3.05, 3.63) is 77.0 Å². The molecule has 0 bridgehead atoms. The molecular formula is C19H24N2OS2. The highest BCUT2D eigenvalue weighted by Crippen LogP contribution is 2.23. The molecule has 3 nitrogen and oxygen atoms in total. The Morgan fingerprint density at radius 2 is 1.38 bits per heavy atom. The smallest absolute Gasteiger partial charge is 0.131 e. The van der Waals surface area contributed by atoms with Crippen LogP contribution in [0.4, 0.5) is 0 Å². The Kier molecular flexibility index (Phi) is 6.63. The van der Waals surface area contributed by atoms with Crippen molar-refractivity contribution in [3.8, 4) is 0 Å². The van der Waals surface area contributed by atoms with Gasteiger partial charge in [0.05, 0.1) is 18.1 Å². The summed E-state index contributed by atoms with van der Waals surface area (Å²) in [6, 6.07) is 21.0. The molecule has 0 aromatic heterocycles. The van der Waals surface area contributed by atoms with Gasteiger partial charge >= 0.3 is 0 Å². The van der Waals surface area contributed by atoms with E-state index in [1.807, 2.05) is 35.7 Å². The molecule has 1 heterocycles. The van der Waals surface area contributed by atoms with E-state index in [0.29, 0.717) is 11.7 Å². The summed E-state index contributed by atoms with van der Waals surface area (Å²) in [5.74, 6) is 3.74. The summed E-state index contributed by atoms with van der Waals surface area (Å²) >= 11 is 3.76. The number of thioether (sulfide) groups is 2. The van der Waals surface area contributed by atoms with E-state index < -0.39 is 0 Å². The molecule has 1 aliphatic rings. The monoisotopic (exact) mass is 360 g/mol. The van der Waals surface area contributed by atoms with Gasteiger partial charge in [-0.3, -0.25) is 5.32 Å². The standard InChI is InChI=1S/C19H24N2OS2/c22-21-16-20-13-19(21,14-23-11-17-7-3-1-4-8-17)15-24-12-18-9-5-2-6-10-18/h1-10,20-21H,11-16H2. The predicted molar refractivity (Wildman–Crippen MR) is 105 cm³/mol. The molecule has 1 fully saturated rings. The highest BCUT2D eigenvalue weighted by molar-refractivity contribution is 7.99. The third-order valence-electron chi connectivity index (χ3n) is 4.32. The van der Waals surface area contributed by atoms with Crippen molar-refractivity contribution in [2.45, 2.75) is 17.0 Å². The maximum Gasteiger partial charge on any atom is 0.131 e. The van der Waals surface area contributed by atoms with Gasteiger partial charge in [0.25, 0.3) is 0 Å².